The Hall–Kier alpha value is -4.03. The first-order valence-corrected chi connectivity index (χ1v) is 22.1. The van der Waals surface area contributed by atoms with Crippen LogP contribution >= 0.6 is 0 Å². The van der Waals surface area contributed by atoms with Gasteiger partial charge in [0.05, 0.1) is 19.8 Å². The molecule has 0 aliphatic carbocycles. The number of aromatic amines is 1. The van der Waals surface area contributed by atoms with E-state index in [0.717, 1.165) is 12.1 Å². The molecule has 3 aromatic heterocycles. The van der Waals surface area contributed by atoms with Gasteiger partial charge in [0.2, 0.25) is 0 Å². The molecule has 0 saturated heterocycles. The van der Waals surface area contributed by atoms with E-state index >= 15 is 0 Å². The van der Waals surface area contributed by atoms with Crippen LogP contribution in [0.15, 0.2) is 0 Å². The molecule has 1 N–H and O–H groups in total. The first-order valence-electron chi connectivity index (χ1n) is 14.6. The third-order valence-electron chi connectivity index (χ3n) is 5.12. The second kappa shape index (κ2) is 20.9. The molecule has 3 rings (SSSR count). The van der Waals surface area contributed by atoms with Crippen LogP contribution < -0.4 is 0 Å². The molecule has 0 fully saturated rings. The fourth-order valence-electron chi connectivity index (χ4n) is 2.71. The molecule has 258 valence electrons. The van der Waals surface area contributed by atoms with Crippen molar-refractivity contribution in [2.24, 2.45) is 0 Å². The summed E-state index contributed by atoms with van der Waals surface area (Å²) in [6.07, 6.45) is 0. The van der Waals surface area contributed by atoms with Crippen LogP contribution in [0.5, 0.6) is 0 Å². The molecular weight excluding hydrogens is 641 g/mol. The number of nitrogens with one attached hydrogen (secondary N) is 1. The predicted molar refractivity (Wildman–Crippen MR) is 166 cm³/mol. The van der Waals surface area contributed by atoms with E-state index in [1.165, 1.54) is 9.48 Å². The Morgan fingerprint density at radius 3 is 1.76 bits per heavy atom. The highest BCUT2D eigenvalue weighted by atomic mass is 28.3. The van der Waals surface area contributed by atoms with Gasteiger partial charge in [-0.1, -0.05) is 39.3 Å². The van der Waals surface area contributed by atoms with E-state index < -0.39 is 34.1 Å². The van der Waals surface area contributed by atoms with Crippen molar-refractivity contribution in [3.8, 4) is 0 Å². The molecule has 0 amide bonds. The van der Waals surface area contributed by atoms with Crippen molar-refractivity contribution in [2.45, 2.75) is 85.6 Å². The van der Waals surface area contributed by atoms with Gasteiger partial charge in [-0.3, -0.25) is 0 Å². The lowest BCUT2D eigenvalue weighted by Crippen LogP contribution is -2.22. The molecule has 0 unspecified atom stereocenters. The molecule has 46 heavy (non-hydrogen) atoms. The van der Waals surface area contributed by atoms with Crippen molar-refractivity contribution >= 4 is 34.1 Å². The second-order valence-corrected chi connectivity index (χ2v) is 22.8. The number of H-pyrrole nitrogens is 1. The Kier molecular flexibility index (Phi) is 18.2. The number of hydrogen-bond donors (Lipinski definition) is 1. The molecule has 0 radical (unpaired) electrons. The zero-order valence-corrected chi connectivity index (χ0v) is 30.0. The van der Waals surface area contributed by atoms with Crippen LogP contribution in [-0.2, 0) is 37.1 Å². The molecular formula is C24H46N12O8Si2. The van der Waals surface area contributed by atoms with E-state index in [1.807, 2.05) is 0 Å². The second-order valence-electron chi connectivity index (χ2n) is 11.6. The quantitative estimate of drug-likeness (QED) is 0.0975. The summed E-state index contributed by atoms with van der Waals surface area (Å²) < 4.78 is 26.4. The largest absolute Gasteiger partial charge is 0.460 e. The van der Waals surface area contributed by atoms with E-state index in [4.69, 9.17) is 18.9 Å². The molecule has 0 aliphatic rings. The lowest BCUT2D eigenvalue weighted by atomic mass is 10.6. The molecule has 20 nitrogen and oxygen atoms in total. The van der Waals surface area contributed by atoms with Crippen molar-refractivity contribution < 1.29 is 38.1 Å². The van der Waals surface area contributed by atoms with E-state index in [1.54, 1.807) is 20.8 Å². The number of carbonyl (C=O) groups is 3. The number of rotatable bonds is 16. The molecule has 22 heteroatoms. The van der Waals surface area contributed by atoms with E-state index in [0.29, 0.717) is 33.0 Å². The third kappa shape index (κ3) is 17.5. The first kappa shape index (κ1) is 40.0. The minimum absolute atomic E-state index is 0.0364. The summed E-state index contributed by atoms with van der Waals surface area (Å²) in [7, 11) is -2.19. The monoisotopic (exact) mass is 686 g/mol. The van der Waals surface area contributed by atoms with Crippen LogP contribution in [0.2, 0.25) is 51.4 Å². The summed E-state index contributed by atoms with van der Waals surface area (Å²) in [4.78, 5) is 34.7. The number of hydrogen-bond acceptors (Lipinski definition) is 17. The van der Waals surface area contributed by atoms with Crippen molar-refractivity contribution in [2.75, 3.05) is 33.0 Å². The number of esters is 3. The summed E-state index contributed by atoms with van der Waals surface area (Å²) in [6, 6.07) is 2.14. The fourth-order valence-corrected chi connectivity index (χ4v) is 4.22. The van der Waals surface area contributed by atoms with Gasteiger partial charge < -0.3 is 23.7 Å². The van der Waals surface area contributed by atoms with Crippen molar-refractivity contribution in [1.82, 2.24) is 61.0 Å². The Morgan fingerprint density at radius 1 is 0.696 bits per heavy atom. The van der Waals surface area contributed by atoms with Crippen LogP contribution in [-0.4, -0.2) is 128 Å². The van der Waals surface area contributed by atoms with E-state index in [-0.39, 0.29) is 30.9 Å². The minimum atomic E-state index is -1.10. The van der Waals surface area contributed by atoms with Gasteiger partial charge in [0.15, 0.2) is 6.73 Å². The predicted octanol–water partition coefficient (Wildman–Crippen LogP) is 1.70. The van der Waals surface area contributed by atoms with Crippen LogP contribution in [0.1, 0.15) is 52.6 Å². The minimum Gasteiger partial charge on any atom is -0.460 e. The van der Waals surface area contributed by atoms with Gasteiger partial charge in [-0.25, -0.2) is 14.4 Å². The van der Waals surface area contributed by atoms with Crippen molar-refractivity contribution in [3.05, 3.63) is 17.5 Å². The standard InChI is InChI=1S/2C10H20N4O3Si.C4H6N4O2/c1-5-17-10(15)9-11-12-13-14(9)8-16-6-7-18(2,3)4;1-5-17-10(15)9-11-13-14(12-9)8-16-6-7-18(2,3)4;1-2-10-4(9)3-5-7-8-6-3/h2*5-8H2,1-4H3;2H2,1H3,(H,5,6,7,8). The summed E-state index contributed by atoms with van der Waals surface area (Å²) >= 11 is 0. The van der Waals surface area contributed by atoms with Crippen molar-refractivity contribution in [1.29, 1.82) is 0 Å². The van der Waals surface area contributed by atoms with Gasteiger partial charge in [-0.05, 0) is 53.7 Å². The topological polar surface area (TPSA) is 239 Å². The summed E-state index contributed by atoms with van der Waals surface area (Å²) in [6.45, 7) is 21.4. The van der Waals surface area contributed by atoms with Gasteiger partial charge in [-0.2, -0.15) is 9.90 Å². The highest BCUT2D eigenvalue weighted by Crippen LogP contribution is 2.08. The summed E-state index contributed by atoms with van der Waals surface area (Å²) in [5.41, 5.74) is 0. The zero-order chi connectivity index (χ0) is 34.6. The Labute approximate surface area is 269 Å². The first-order chi connectivity index (χ1) is 21.7. The smallest absolute Gasteiger partial charge is 0.380 e. The number of carbonyl (C=O) groups excluding carboxylic acids is 3. The highest BCUT2D eigenvalue weighted by molar-refractivity contribution is 6.76. The Balaban J connectivity index is 0.000000360. The van der Waals surface area contributed by atoms with Gasteiger partial charge in [0.25, 0.3) is 17.5 Å². The SMILES string of the molecule is CCOC(=O)c1nn[nH]n1.CCOC(=O)c1nnn(COCC[Si](C)(C)C)n1.CCOC(=O)c1nnnn1COCC[Si](C)(C)C. The molecule has 0 aliphatic heterocycles. The maximum Gasteiger partial charge on any atom is 0.380 e. The maximum absolute atomic E-state index is 11.5. The van der Waals surface area contributed by atoms with E-state index in [9.17, 15) is 14.4 Å². The van der Waals surface area contributed by atoms with Crippen LogP contribution in [0.25, 0.3) is 0 Å². The van der Waals surface area contributed by atoms with E-state index in [2.05, 4.69) is 95.6 Å². The van der Waals surface area contributed by atoms with Crippen LogP contribution in [0.4, 0.5) is 0 Å². The average Bonchev–Trinajstić information content (AvgIpc) is 3.76. The summed E-state index contributed by atoms with van der Waals surface area (Å²) in [5.74, 6) is -1.66. The van der Waals surface area contributed by atoms with Gasteiger partial charge in [-0.15, -0.1) is 30.3 Å². The molecule has 0 spiro atoms. The van der Waals surface area contributed by atoms with Gasteiger partial charge in [0.1, 0.15) is 6.73 Å². The van der Waals surface area contributed by atoms with Crippen molar-refractivity contribution in [3.63, 3.8) is 0 Å². The summed E-state index contributed by atoms with van der Waals surface area (Å²) in [5, 5.41) is 34.1. The molecule has 0 atom stereocenters. The Bertz CT molecular complexity index is 1290. The van der Waals surface area contributed by atoms with Gasteiger partial charge in [0, 0.05) is 29.4 Å². The lowest BCUT2D eigenvalue weighted by Gasteiger charge is -2.15. The maximum atomic E-state index is 11.5. The molecule has 0 aromatic carbocycles. The molecule has 0 saturated carbocycles. The van der Waals surface area contributed by atoms with Crippen LogP contribution in [0.3, 0.4) is 0 Å². The molecule has 3 aromatic rings. The highest BCUT2D eigenvalue weighted by Gasteiger charge is 2.18. The molecule has 3 heterocycles. The zero-order valence-electron chi connectivity index (χ0n) is 28.0. The number of nitrogens with zero attached hydrogens (tertiary/aromatic N) is 11. The number of ether oxygens (including phenoxy) is 5. The molecule has 0 bridgehead atoms. The normalized spacial score (nSPS) is 11.1. The third-order valence-corrected chi connectivity index (χ3v) is 8.53. The number of tetrazole rings is 3. The fraction of sp³-hybridized carbons (Fsp3) is 0.750. The Morgan fingerprint density at radius 2 is 1.24 bits per heavy atom. The van der Waals surface area contributed by atoms with Gasteiger partial charge >= 0.3 is 17.9 Å². The lowest BCUT2D eigenvalue weighted by molar-refractivity contribution is 0.0444. The average molecular weight is 687 g/mol. The number of aromatic nitrogens is 12. The van der Waals surface area contributed by atoms with Crippen LogP contribution in [0, 0.1) is 0 Å².